The quantitative estimate of drug-likeness (QED) is 0.207. The molecule has 0 aromatic heterocycles. The highest BCUT2D eigenvalue weighted by molar-refractivity contribution is 7.97. The van der Waals surface area contributed by atoms with Gasteiger partial charge in [-0.1, -0.05) is 55.7 Å². The van der Waals surface area contributed by atoms with Crippen LogP contribution in [-0.2, 0) is 0 Å². The fourth-order valence-corrected chi connectivity index (χ4v) is 8.92. The topological polar surface area (TPSA) is 16.2 Å². The van der Waals surface area contributed by atoms with Crippen molar-refractivity contribution >= 4 is 46.9 Å². The Morgan fingerprint density at radius 3 is 2.25 bits per heavy atom. The van der Waals surface area contributed by atoms with Gasteiger partial charge in [0.1, 0.15) is 0 Å². The molecule has 8 heteroatoms. The van der Waals surface area contributed by atoms with Gasteiger partial charge in [0.2, 0.25) is 0 Å². The van der Waals surface area contributed by atoms with E-state index in [-0.39, 0.29) is 0 Å². The number of benzene rings is 2. The maximum absolute atomic E-state index is 6.28. The molecular weight excluding hydrogens is 602 g/mol. The lowest BCUT2D eigenvalue weighted by Gasteiger charge is -2.34. The van der Waals surface area contributed by atoms with Gasteiger partial charge in [0.25, 0.3) is 0 Å². The third-order valence-electron chi connectivity index (χ3n) is 8.99. The molecule has 5 nitrogen and oxygen atoms in total. The van der Waals surface area contributed by atoms with E-state index in [9.17, 15) is 0 Å². The zero-order valence-electron chi connectivity index (χ0n) is 26.9. The maximum atomic E-state index is 6.28. The van der Waals surface area contributed by atoms with E-state index < -0.39 is 0 Å². The molecule has 3 aliphatic rings. The summed E-state index contributed by atoms with van der Waals surface area (Å²) in [5.41, 5.74) is 5.20. The second-order valence-electron chi connectivity index (χ2n) is 12.9. The number of anilines is 1. The Bertz CT molecular complexity index is 1210. The Morgan fingerprint density at radius 1 is 0.841 bits per heavy atom. The van der Waals surface area contributed by atoms with E-state index in [1.165, 1.54) is 91.9 Å². The molecule has 2 aromatic rings. The van der Waals surface area contributed by atoms with E-state index >= 15 is 0 Å². The predicted octanol–water partition coefficient (Wildman–Crippen LogP) is 8.60. The molecule has 0 amide bonds. The van der Waals surface area contributed by atoms with Crippen molar-refractivity contribution in [1.82, 2.24) is 17.8 Å². The molecular formula is C36H52ClN5S2. The van der Waals surface area contributed by atoms with E-state index in [0.717, 1.165) is 56.6 Å². The SMILES string of the molecule is C=C1CN(Sc2ccc(N(C)C)cc2)CCCN(CC2CCCCC2)CCCN(SN2CC=C(c3cccc(Cl)c3)CC2)C1. The van der Waals surface area contributed by atoms with Crippen molar-refractivity contribution in [3.63, 3.8) is 0 Å². The molecule has 2 aromatic carbocycles. The molecule has 0 spiro atoms. The lowest BCUT2D eigenvalue weighted by atomic mass is 9.89. The van der Waals surface area contributed by atoms with Crippen LogP contribution in [0.5, 0.6) is 0 Å². The van der Waals surface area contributed by atoms with E-state index in [0.29, 0.717) is 0 Å². The summed E-state index contributed by atoms with van der Waals surface area (Å²) < 4.78 is 7.65. The Labute approximate surface area is 281 Å². The van der Waals surface area contributed by atoms with Crippen molar-refractivity contribution in [2.75, 3.05) is 77.9 Å². The van der Waals surface area contributed by atoms with Crippen LogP contribution in [0.2, 0.25) is 5.02 Å². The van der Waals surface area contributed by atoms with Crippen molar-refractivity contribution in [2.45, 2.75) is 56.3 Å². The first-order chi connectivity index (χ1) is 21.4. The summed E-state index contributed by atoms with van der Waals surface area (Å²) in [6.45, 7) is 14.3. The molecule has 2 fully saturated rings. The molecule has 0 bridgehead atoms. The maximum Gasteiger partial charge on any atom is 0.0412 e. The second kappa shape index (κ2) is 17.5. The fourth-order valence-electron chi connectivity index (χ4n) is 6.62. The molecule has 2 heterocycles. The van der Waals surface area contributed by atoms with Gasteiger partial charge in [-0.15, -0.1) is 0 Å². The molecule has 0 atom stereocenters. The first kappa shape index (κ1) is 33.9. The molecule has 1 aliphatic carbocycles. The lowest BCUT2D eigenvalue weighted by molar-refractivity contribution is 0.189. The van der Waals surface area contributed by atoms with Crippen LogP contribution in [0.1, 0.15) is 56.9 Å². The van der Waals surface area contributed by atoms with Crippen molar-refractivity contribution in [3.05, 3.63) is 77.3 Å². The summed E-state index contributed by atoms with van der Waals surface area (Å²) in [6, 6.07) is 17.3. The number of nitrogens with zero attached hydrogens (tertiary/aromatic N) is 5. The fraction of sp³-hybridized carbons (Fsp3) is 0.556. The molecule has 44 heavy (non-hydrogen) atoms. The summed E-state index contributed by atoms with van der Waals surface area (Å²) in [5.74, 6) is 0.886. The van der Waals surface area contributed by atoms with Crippen molar-refractivity contribution in [3.8, 4) is 0 Å². The van der Waals surface area contributed by atoms with Gasteiger partial charge in [-0.3, -0.25) is 0 Å². The van der Waals surface area contributed by atoms with Crippen LogP contribution in [0.15, 0.2) is 71.7 Å². The Morgan fingerprint density at radius 2 is 1.57 bits per heavy atom. The summed E-state index contributed by atoms with van der Waals surface area (Å²) >= 11 is 10.1. The molecule has 0 radical (unpaired) electrons. The van der Waals surface area contributed by atoms with Crippen LogP contribution in [0.3, 0.4) is 0 Å². The standard InChI is InChI=1S/C36H52ClN5S2/c1-30-27-41(43-36-16-14-35(15-17-36)38(2)3)22-8-20-39(29-31-10-5-4-6-11-31)21-9-23-42(28-30)44-40-24-18-32(19-25-40)33-12-7-13-34(37)26-33/h7,12-18,26,31H,1,4-6,8-11,19-25,27-29H2,2-3H3. The van der Waals surface area contributed by atoms with Crippen LogP contribution < -0.4 is 4.90 Å². The summed E-state index contributed by atoms with van der Waals surface area (Å²) in [7, 11) is 4.20. The molecule has 1 saturated heterocycles. The van der Waals surface area contributed by atoms with Crippen molar-refractivity contribution < 1.29 is 0 Å². The van der Waals surface area contributed by atoms with Gasteiger partial charge in [0, 0.05) is 87.6 Å². The summed E-state index contributed by atoms with van der Waals surface area (Å²) in [6.07, 6.45) is 13.0. The van der Waals surface area contributed by atoms with Crippen molar-refractivity contribution in [2.24, 2.45) is 5.92 Å². The smallest absolute Gasteiger partial charge is 0.0412 e. The molecule has 0 unspecified atom stereocenters. The first-order valence-electron chi connectivity index (χ1n) is 16.6. The van der Waals surface area contributed by atoms with Crippen LogP contribution in [0, 0.1) is 5.92 Å². The highest BCUT2D eigenvalue weighted by Crippen LogP contribution is 2.31. The van der Waals surface area contributed by atoms with Gasteiger partial charge >= 0.3 is 0 Å². The molecule has 2 aliphatic heterocycles. The minimum absolute atomic E-state index is 0.813. The van der Waals surface area contributed by atoms with Crippen molar-refractivity contribution in [1.29, 1.82) is 0 Å². The van der Waals surface area contributed by atoms with Gasteiger partial charge in [-0.05, 0) is 116 Å². The Hall–Kier alpha value is -1.45. The molecule has 1 saturated carbocycles. The number of hydrogen-bond donors (Lipinski definition) is 0. The van der Waals surface area contributed by atoms with Crippen LogP contribution in [0.25, 0.3) is 5.57 Å². The van der Waals surface area contributed by atoms with E-state index in [1.54, 1.807) is 0 Å². The zero-order valence-corrected chi connectivity index (χ0v) is 29.3. The monoisotopic (exact) mass is 653 g/mol. The highest BCUT2D eigenvalue weighted by atomic mass is 35.5. The van der Waals surface area contributed by atoms with E-state index in [1.807, 2.05) is 30.1 Å². The average molecular weight is 654 g/mol. The Kier molecular flexibility index (Phi) is 13.5. The van der Waals surface area contributed by atoms with Crippen LogP contribution in [-0.4, -0.2) is 90.8 Å². The van der Waals surface area contributed by atoms with Gasteiger partial charge in [-0.2, -0.15) is 0 Å². The zero-order chi connectivity index (χ0) is 30.7. The molecule has 240 valence electrons. The minimum atomic E-state index is 0.813. The van der Waals surface area contributed by atoms with Gasteiger partial charge in [0.05, 0.1) is 0 Å². The van der Waals surface area contributed by atoms with Gasteiger partial charge in [-0.25, -0.2) is 12.9 Å². The average Bonchev–Trinajstić information content (AvgIpc) is 3.01. The van der Waals surface area contributed by atoms with Crippen LogP contribution in [0.4, 0.5) is 5.69 Å². The number of rotatable bonds is 8. The summed E-state index contributed by atoms with van der Waals surface area (Å²) in [4.78, 5) is 6.26. The number of hydrogen-bond acceptors (Lipinski definition) is 7. The normalized spacial score (nSPS) is 21.4. The highest BCUT2D eigenvalue weighted by Gasteiger charge is 2.22. The Balaban J connectivity index is 1.24. The second-order valence-corrected chi connectivity index (χ2v) is 15.7. The van der Waals surface area contributed by atoms with Gasteiger partial charge in [0.15, 0.2) is 0 Å². The van der Waals surface area contributed by atoms with Gasteiger partial charge < -0.3 is 9.80 Å². The molecule has 5 rings (SSSR count). The predicted molar refractivity (Wildman–Crippen MR) is 194 cm³/mol. The molecule has 0 N–H and O–H groups in total. The van der Waals surface area contributed by atoms with E-state index in [4.69, 9.17) is 11.6 Å². The lowest BCUT2D eigenvalue weighted by Crippen LogP contribution is -2.37. The number of halogens is 1. The van der Waals surface area contributed by atoms with E-state index in [2.05, 4.69) is 91.9 Å². The summed E-state index contributed by atoms with van der Waals surface area (Å²) in [5, 5.41) is 0.813. The third-order valence-corrected chi connectivity index (χ3v) is 11.4. The minimum Gasteiger partial charge on any atom is -0.378 e. The van der Waals surface area contributed by atoms with Crippen LogP contribution >= 0.6 is 35.7 Å². The first-order valence-corrected chi connectivity index (χ1v) is 18.5. The largest absolute Gasteiger partial charge is 0.378 e. The third kappa shape index (κ3) is 10.8.